The Bertz CT molecular complexity index is 450. The molecule has 0 saturated heterocycles. The molecular weight excluding hydrogens is 264 g/mol. The van der Waals surface area contributed by atoms with E-state index in [4.69, 9.17) is 11.6 Å². The smallest absolute Gasteiger partial charge is 0.244 e. The molecule has 1 atom stereocenters. The highest BCUT2D eigenvalue weighted by molar-refractivity contribution is 6.30. The quantitative estimate of drug-likeness (QED) is 0.844. The van der Waals surface area contributed by atoms with Gasteiger partial charge in [-0.2, -0.15) is 0 Å². The minimum atomic E-state index is -0.353. The minimum Gasteiger partial charge on any atom is -0.358 e. The molecule has 1 unspecified atom stereocenters. The molecule has 0 bridgehead atoms. The van der Waals surface area contributed by atoms with Gasteiger partial charge in [0.25, 0.3) is 0 Å². The van der Waals surface area contributed by atoms with Gasteiger partial charge in [-0.25, -0.2) is 9.97 Å². The summed E-state index contributed by atoms with van der Waals surface area (Å²) in [4.78, 5) is 21.9. The first-order valence-corrected chi connectivity index (χ1v) is 6.78. The predicted molar refractivity (Wildman–Crippen MR) is 77.5 cm³/mol. The van der Waals surface area contributed by atoms with Crippen LogP contribution < -0.4 is 5.32 Å². The fourth-order valence-corrected chi connectivity index (χ4v) is 2.11. The zero-order valence-electron chi connectivity index (χ0n) is 12.1. The Kier molecular flexibility index (Phi) is 5.54. The van der Waals surface area contributed by atoms with Crippen LogP contribution in [0, 0.1) is 0 Å². The van der Waals surface area contributed by atoms with Crippen LogP contribution in [0.5, 0.6) is 0 Å². The Morgan fingerprint density at radius 2 is 2.05 bits per heavy atom. The van der Waals surface area contributed by atoms with Gasteiger partial charge in [-0.05, 0) is 19.8 Å². The highest BCUT2D eigenvalue weighted by atomic mass is 35.5. The molecule has 0 aliphatic carbocycles. The van der Waals surface area contributed by atoms with Crippen LogP contribution in [0.3, 0.4) is 0 Å². The van der Waals surface area contributed by atoms with Gasteiger partial charge in [0, 0.05) is 19.2 Å². The van der Waals surface area contributed by atoms with Crippen LogP contribution in [0.1, 0.15) is 39.2 Å². The first-order chi connectivity index (χ1) is 8.88. The van der Waals surface area contributed by atoms with Gasteiger partial charge < -0.3 is 10.2 Å². The van der Waals surface area contributed by atoms with Gasteiger partial charge in [0.1, 0.15) is 23.3 Å². The number of anilines is 1. The molecular formula is C13H21ClN4O. The van der Waals surface area contributed by atoms with E-state index >= 15 is 0 Å². The number of hydrogen-bond acceptors (Lipinski definition) is 4. The second-order valence-electron chi connectivity index (χ2n) is 4.80. The molecule has 5 nitrogen and oxygen atoms in total. The fourth-order valence-electron chi connectivity index (χ4n) is 1.75. The van der Waals surface area contributed by atoms with E-state index < -0.39 is 0 Å². The first kappa shape index (κ1) is 15.7. The second-order valence-corrected chi connectivity index (χ2v) is 5.16. The molecule has 19 heavy (non-hydrogen) atoms. The van der Waals surface area contributed by atoms with Crippen molar-refractivity contribution in [2.24, 2.45) is 0 Å². The number of likely N-dealkylation sites (N-methyl/N-ethyl adjacent to an activating group) is 1. The number of amides is 1. The maximum Gasteiger partial charge on any atom is 0.244 e. The average Bonchev–Trinajstić information content (AvgIpc) is 2.36. The van der Waals surface area contributed by atoms with E-state index in [0.717, 1.165) is 5.56 Å². The zero-order valence-corrected chi connectivity index (χ0v) is 12.8. The summed E-state index contributed by atoms with van der Waals surface area (Å²) >= 11 is 6.09. The molecule has 0 saturated carbocycles. The summed E-state index contributed by atoms with van der Waals surface area (Å²) < 4.78 is 0. The third-order valence-corrected chi connectivity index (χ3v) is 3.29. The lowest BCUT2D eigenvalue weighted by Crippen LogP contribution is -2.39. The number of aromatic nitrogens is 2. The summed E-state index contributed by atoms with van der Waals surface area (Å²) in [7, 11) is 1.77. The van der Waals surface area contributed by atoms with Gasteiger partial charge in [0.15, 0.2) is 0 Å². The Labute approximate surface area is 119 Å². The van der Waals surface area contributed by atoms with E-state index in [1.807, 2.05) is 27.7 Å². The monoisotopic (exact) mass is 284 g/mol. The van der Waals surface area contributed by atoms with Crippen LogP contribution >= 0.6 is 11.6 Å². The van der Waals surface area contributed by atoms with Crippen molar-refractivity contribution in [3.05, 3.63) is 17.0 Å². The Morgan fingerprint density at radius 1 is 1.42 bits per heavy atom. The van der Waals surface area contributed by atoms with E-state index in [-0.39, 0.29) is 17.9 Å². The molecule has 1 heterocycles. The van der Waals surface area contributed by atoms with Crippen LogP contribution in [0.25, 0.3) is 0 Å². The molecule has 1 aromatic heterocycles. The summed E-state index contributed by atoms with van der Waals surface area (Å²) in [5.74, 6) is 0.828. The number of carbonyl (C=O) groups is 1. The number of nitrogens with zero attached hydrogens (tertiary/aromatic N) is 3. The van der Waals surface area contributed by atoms with E-state index in [1.54, 1.807) is 11.9 Å². The van der Waals surface area contributed by atoms with E-state index in [9.17, 15) is 4.79 Å². The molecule has 1 rings (SSSR count). The second kappa shape index (κ2) is 6.70. The Hall–Kier alpha value is -1.36. The summed E-state index contributed by atoms with van der Waals surface area (Å²) in [6.45, 7) is 8.45. The SMILES string of the molecule is CCN(C)C(=O)C(C)Nc1ncnc(Cl)c1C(C)C. The van der Waals surface area contributed by atoms with Crippen molar-refractivity contribution >= 4 is 23.3 Å². The van der Waals surface area contributed by atoms with Gasteiger partial charge >= 0.3 is 0 Å². The topological polar surface area (TPSA) is 58.1 Å². The number of hydrogen-bond donors (Lipinski definition) is 1. The minimum absolute atomic E-state index is 0.0203. The predicted octanol–water partition coefficient (Wildman–Crippen LogP) is 2.53. The molecule has 0 aliphatic heterocycles. The van der Waals surface area contributed by atoms with Crippen molar-refractivity contribution in [3.8, 4) is 0 Å². The third kappa shape index (κ3) is 3.80. The maximum atomic E-state index is 12.0. The van der Waals surface area contributed by atoms with Crippen LogP contribution in [-0.4, -0.2) is 40.4 Å². The van der Waals surface area contributed by atoms with Crippen molar-refractivity contribution in [1.29, 1.82) is 0 Å². The summed E-state index contributed by atoms with van der Waals surface area (Å²) in [5.41, 5.74) is 0.836. The lowest BCUT2D eigenvalue weighted by molar-refractivity contribution is -0.130. The van der Waals surface area contributed by atoms with Crippen LogP contribution in [0.4, 0.5) is 5.82 Å². The van der Waals surface area contributed by atoms with Crippen molar-refractivity contribution in [1.82, 2.24) is 14.9 Å². The normalized spacial score (nSPS) is 12.4. The van der Waals surface area contributed by atoms with Crippen molar-refractivity contribution in [2.45, 2.75) is 39.7 Å². The summed E-state index contributed by atoms with van der Waals surface area (Å²) in [6.07, 6.45) is 1.40. The fraction of sp³-hybridized carbons (Fsp3) is 0.615. The number of halogens is 1. The third-order valence-electron chi connectivity index (χ3n) is 2.99. The molecule has 1 N–H and O–H groups in total. The number of rotatable bonds is 5. The average molecular weight is 285 g/mol. The van der Waals surface area contributed by atoms with Crippen LogP contribution in [0.15, 0.2) is 6.33 Å². The van der Waals surface area contributed by atoms with Crippen LogP contribution in [0.2, 0.25) is 5.15 Å². The Balaban J connectivity index is 2.94. The molecule has 0 radical (unpaired) electrons. The van der Waals surface area contributed by atoms with Gasteiger partial charge in [-0.3, -0.25) is 4.79 Å². The highest BCUT2D eigenvalue weighted by Crippen LogP contribution is 2.28. The van der Waals surface area contributed by atoms with Gasteiger partial charge in [0.2, 0.25) is 5.91 Å². The van der Waals surface area contributed by atoms with Crippen molar-refractivity contribution in [3.63, 3.8) is 0 Å². The lowest BCUT2D eigenvalue weighted by atomic mass is 10.1. The number of nitrogens with one attached hydrogen (secondary N) is 1. The largest absolute Gasteiger partial charge is 0.358 e. The molecule has 6 heteroatoms. The van der Waals surface area contributed by atoms with Crippen molar-refractivity contribution in [2.75, 3.05) is 18.9 Å². The summed E-state index contributed by atoms with van der Waals surface area (Å²) in [5, 5.41) is 3.55. The Morgan fingerprint density at radius 3 is 2.58 bits per heavy atom. The maximum absolute atomic E-state index is 12.0. The van der Waals surface area contributed by atoms with E-state index in [2.05, 4.69) is 15.3 Å². The first-order valence-electron chi connectivity index (χ1n) is 6.40. The van der Waals surface area contributed by atoms with Gasteiger partial charge in [-0.15, -0.1) is 0 Å². The molecule has 1 aromatic rings. The molecule has 0 fully saturated rings. The van der Waals surface area contributed by atoms with Gasteiger partial charge in [-0.1, -0.05) is 25.4 Å². The van der Waals surface area contributed by atoms with Gasteiger partial charge in [0.05, 0.1) is 0 Å². The standard InChI is InChI=1S/C13H21ClN4O/c1-6-18(5)13(19)9(4)17-12-10(8(2)3)11(14)15-7-16-12/h7-9H,6H2,1-5H3,(H,15,16,17). The molecule has 106 valence electrons. The molecule has 0 aliphatic rings. The molecule has 1 amide bonds. The van der Waals surface area contributed by atoms with Crippen molar-refractivity contribution < 1.29 is 4.79 Å². The number of carbonyl (C=O) groups excluding carboxylic acids is 1. The lowest BCUT2D eigenvalue weighted by Gasteiger charge is -2.22. The zero-order chi connectivity index (χ0) is 14.6. The molecule has 0 spiro atoms. The summed E-state index contributed by atoms with van der Waals surface area (Å²) in [6, 6.07) is -0.353. The van der Waals surface area contributed by atoms with E-state index in [1.165, 1.54) is 6.33 Å². The highest BCUT2D eigenvalue weighted by Gasteiger charge is 2.20. The van der Waals surface area contributed by atoms with Crippen LogP contribution in [-0.2, 0) is 4.79 Å². The molecule has 0 aromatic carbocycles. The van der Waals surface area contributed by atoms with E-state index in [0.29, 0.717) is 17.5 Å².